The van der Waals surface area contributed by atoms with Crippen LogP contribution in [0.25, 0.3) is 0 Å². The predicted octanol–water partition coefficient (Wildman–Crippen LogP) is 4.94. The van der Waals surface area contributed by atoms with Gasteiger partial charge in [0.1, 0.15) is 12.4 Å². The molecule has 3 aromatic rings. The van der Waals surface area contributed by atoms with Gasteiger partial charge < -0.3 is 4.74 Å². The largest absolute Gasteiger partial charge is 0.491 e. The summed E-state index contributed by atoms with van der Waals surface area (Å²) in [6.07, 6.45) is 1.80. The average Bonchev–Trinajstić information content (AvgIpc) is 3.16. The minimum Gasteiger partial charge on any atom is -0.491 e. The van der Waals surface area contributed by atoms with Crippen molar-refractivity contribution in [3.05, 3.63) is 71.7 Å². The molecule has 0 atom stereocenters. The fourth-order valence-electron chi connectivity index (χ4n) is 2.25. The lowest BCUT2D eigenvalue weighted by molar-refractivity contribution is 0.101. The molecule has 0 bridgehead atoms. The van der Waals surface area contributed by atoms with Gasteiger partial charge in [-0.25, -0.2) is 4.98 Å². The third-order valence-electron chi connectivity index (χ3n) is 3.41. The first-order valence-electron chi connectivity index (χ1n) is 7.87. The van der Waals surface area contributed by atoms with E-state index >= 15 is 0 Å². The second-order valence-corrected chi connectivity index (χ2v) is 7.19. The smallest absolute Gasteiger partial charge is 0.195 e. The highest BCUT2D eigenvalue weighted by Crippen LogP contribution is 2.30. The number of para-hydroxylation sites is 1. The molecule has 1 heterocycles. The summed E-state index contributed by atoms with van der Waals surface area (Å²) >= 11 is 3.22. The van der Waals surface area contributed by atoms with Crippen LogP contribution in [0, 0.1) is 0 Å². The molecule has 6 heteroatoms. The molecule has 0 radical (unpaired) electrons. The van der Waals surface area contributed by atoms with Crippen LogP contribution in [0.2, 0.25) is 0 Å². The standard InChI is InChI=1S/C19H18N2O2S2/c1-15(22)17-9-5-6-10-18(17)23-13-12-21(19-20-11-14-24-19)25-16-7-3-2-4-8-16/h2-11,14H,12-13H2,1H3. The second-order valence-electron chi connectivity index (χ2n) is 5.22. The van der Waals surface area contributed by atoms with E-state index in [0.717, 1.165) is 10.0 Å². The molecule has 25 heavy (non-hydrogen) atoms. The summed E-state index contributed by atoms with van der Waals surface area (Å²) in [5, 5.41) is 2.89. The minimum atomic E-state index is 0.00559. The van der Waals surface area contributed by atoms with Crippen molar-refractivity contribution in [2.75, 3.05) is 17.5 Å². The Labute approximate surface area is 155 Å². The Hall–Kier alpha value is -2.31. The topological polar surface area (TPSA) is 42.4 Å². The van der Waals surface area contributed by atoms with Gasteiger partial charge in [-0.1, -0.05) is 30.3 Å². The first kappa shape index (κ1) is 17.5. The number of rotatable bonds is 8. The van der Waals surface area contributed by atoms with Crippen LogP contribution < -0.4 is 9.04 Å². The van der Waals surface area contributed by atoms with E-state index in [1.807, 2.05) is 41.8 Å². The van der Waals surface area contributed by atoms with Crippen molar-refractivity contribution in [1.29, 1.82) is 0 Å². The molecule has 0 unspecified atom stereocenters. The fraction of sp³-hybridized carbons (Fsp3) is 0.158. The number of ether oxygens (including phenoxy) is 1. The number of carbonyl (C=O) groups excluding carboxylic acids is 1. The first-order chi connectivity index (χ1) is 12.2. The molecule has 0 spiro atoms. The molecule has 4 nitrogen and oxygen atoms in total. The van der Waals surface area contributed by atoms with Crippen LogP contribution in [0.4, 0.5) is 5.13 Å². The number of anilines is 1. The molecule has 0 saturated heterocycles. The number of benzene rings is 2. The van der Waals surface area contributed by atoms with Crippen LogP contribution >= 0.6 is 23.3 Å². The van der Waals surface area contributed by atoms with Crippen molar-refractivity contribution >= 4 is 34.2 Å². The molecular weight excluding hydrogens is 352 g/mol. The van der Waals surface area contributed by atoms with Gasteiger partial charge in [-0.3, -0.25) is 9.10 Å². The third kappa shape index (κ3) is 4.84. The number of hydrogen-bond acceptors (Lipinski definition) is 6. The number of nitrogens with zero attached hydrogens (tertiary/aromatic N) is 2. The van der Waals surface area contributed by atoms with Crippen LogP contribution in [-0.4, -0.2) is 23.9 Å². The van der Waals surface area contributed by atoms with E-state index in [4.69, 9.17) is 4.74 Å². The number of Topliss-reactive ketones (excluding diaryl/α,β-unsaturated/α-hetero) is 1. The van der Waals surface area contributed by atoms with Crippen LogP contribution in [0.3, 0.4) is 0 Å². The van der Waals surface area contributed by atoms with E-state index in [2.05, 4.69) is 21.4 Å². The zero-order chi connectivity index (χ0) is 17.5. The number of thiazole rings is 1. The lowest BCUT2D eigenvalue weighted by Gasteiger charge is -2.20. The first-order valence-corrected chi connectivity index (χ1v) is 9.52. The SMILES string of the molecule is CC(=O)c1ccccc1OCCN(Sc1ccccc1)c1nccs1. The third-order valence-corrected chi connectivity index (χ3v) is 5.38. The summed E-state index contributed by atoms with van der Waals surface area (Å²) in [6, 6.07) is 17.5. The van der Waals surface area contributed by atoms with E-state index in [1.165, 1.54) is 0 Å². The molecule has 0 aliphatic rings. The molecule has 1 aromatic heterocycles. The Balaban J connectivity index is 1.66. The maximum absolute atomic E-state index is 11.7. The molecule has 0 aliphatic heterocycles. The van der Waals surface area contributed by atoms with Crippen LogP contribution in [0.5, 0.6) is 5.75 Å². The zero-order valence-corrected chi connectivity index (χ0v) is 15.4. The maximum Gasteiger partial charge on any atom is 0.195 e. The van der Waals surface area contributed by atoms with Gasteiger partial charge in [-0.2, -0.15) is 0 Å². The van der Waals surface area contributed by atoms with E-state index < -0.39 is 0 Å². The highest BCUT2D eigenvalue weighted by Gasteiger charge is 2.13. The van der Waals surface area contributed by atoms with Crippen molar-refractivity contribution in [3.8, 4) is 5.75 Å². The number of aromatic nitrogens is 1. The summed E-state index contributed by atoms with van der Waals surface area (Å²) in [6.45, 7) is 2.67. The Morgan fingerprint density at radius 2 is 1.92 bits per heavy atom. The van der Waals surface area contributed by atoms with Crippen LogP contribution in [0.1, 0.15) is 17.3 Å². The molecule has 128 valence electrons. The van der Waals surface area contributed by atoms with E-state index in [1.54, 1.807) is 42.5 Å². The van der Waals surface area contributed by atoms with E-state index in [0.29, 0.717) is 24.5 Å². The molecule has 0 amide bonds. The van der Waals surface area contributed by atoms with Crippen molar-refractivity contribution in [3.63, 3.8) is 0 Å². The normalized spacial score (nSPS) is 10.4. The summed E-state index contributed by atoms with van der Waals surface area (Å²) < 4.78 is 7.97. The second kappa shape index (κ2) is 8.69. The lowest BCUT2D eigenvalue weighted by atomic mass is 10.1. The van der Waals surface area contributed by atoms with Crippen molar-refractivity contribution in [2.24, 2.45) is 0 Å². The summed E-state index contributed by atoms with van der Waals surface area (Å²) in [5.74, 6) is 0.629. The van der Waals surface area contributed by atoms with E-state index in [-0.39, 0.29) is 5.78 Å². The molecule has 3 rings (SSSR count). The van der Waals surface area contributed by atoms with Gasteiger partial charge in [0.2, 0.25) is 0 Å². The number of ketones is 1. The van der Waals surface area contributed by atoms with Crippen molar-refractivity contribution in [1.82, 2.24) is 4.98 Å². The minimum absolute atomic E-state index is 0.00559. The number of hydrogen-bond donors (Lipinski definition) is 0. The Morgan fingerprint density at radius 3 is 2.64 bits per heavy atom. The van der Waals surface area contributed by atoms with E-state index in [9.17, 15) is 4.79 Å². The summed E-state index contributed by atoms with van der Waals surface area (Å²) in [4.78, 5) is 17.2. The highest BCUT2D eigenvalue weighted by atomic mass is 32.2. The molecule has 0 saturated carbocycles. The van der Waals surface area contributed by atoms with Gasteiger partial charge in [0, 0.05) is 16.5 Å². The van der Waals surface area contributed by atoms with Gasteiger partial charge in [-0.15, -0.1) is 11.3 Å². The van der Waals surface area contributed by atoms with Crippen LogP contribution in [0.15, 0.2) is 71.1 Å². The lowest BCUT2D eigenvalue weighted by Crippen LogP contribution is -2.21. The maximum atomic E-state index is 11.7. The van der Waals surface area contributed by atoms with Crippen molar-refractivity contribution < 1.29 is 9.53 Å². The summed E-state index contributed by atoms with van der Waals surface area (Å²) in [5.41, 5.74) is 0.610. The Kier molecular flexibility index (Phi) is 6.09. The van der Waals surface area contributed by atoms with Crippen LogP contribution in [-0.2, 0) is 0 Å². The van der Waals surface area contributed by atoms with Gasteiger partial charge in [-0.05, 0) is 43.1 Å². The van der Waals surface area contributed by atoms with Gasteiger partial charge in [0.25, 0.3) is 0 Å². The molecule has 2 aromatic carbocycles. The van der Waals surface area contributed by atoms with Gasteiger partial charge >= 0.3 is 0 Å². The average molecular weight is 370 g/mol. The molecular formula is C19H18N2O2S2. The molecule has 0 aliphatic carbocycles. The van der Waals surface area contributed by atoms with Gasteiger partial charge in [0.15, 0.2) is 10.9 Å². The zero-order valence-electron chi connectivity index (χ0n) is 13.8. The Morgan fingerprint density at radius 1 is 1.16 bits per heavy atom. The van der Waals surface area contributed by atoms with Gasteiger partial charge in [0.05, 0.1) is 12.1 Å². The number of carbonyl (C=O) groups is 1. The quantitative estimate of drug-likeness (QED) is 0.415. The fourth-order valence-corrected chi connectivity index (χ4v) is 3.89. The monoisotopic (exact) mass is 370 g/mol. The highest BCUT2D eigenvalue weighted by molar-refractivity contribution is 8.00. The van der Waals surface area contributed by atoms with Crippen molar-refractivity contribution in [2.45, 2.75) is 11.8 Å². The molecule has 0 fully saturated rings. The molecule has 0 N–H and O–H groups in total. The predicted molar refractivity (Wildman–Crippen MR) is 104 cm³/mol. The Bertz CT molecular complexity index is 807. The summed E-state index contributed by atoms with van der Waals surface area (Å²) in [7, 11) is 0.